The number of alkyl halides is 2. The first kappa shape index (κ1) is 17.5. The van der Waals surface area contributed by atoms with Crippen LogP contribution < -0.4 is 0 Å². The third-order valence-electron chi connectivity index (χ3n) is 5.07. The van der Waals surface area contributed by atoms with E-state index in [0.717, 1.165) is 6.42 Å². The second kappa shape index (κ2) is 6.67. The zero-order valence-electron chi connectivity index (χ0n) is 15.0. The van der Waals surface area contributed by atoms with Gasteiger partial charge >= 0.3 is 0 Å². The largest absolute Gasteiger partial charge is 0.340 e. The zero-order chi connectivity index (χ0) is 19.1. The van der Waals surface area contributed by atoms with Gasteiger partial charge in [-0.2, -0.15) is 10.1 Å². The van der Waals surface area contributed by atoms with Crippen LogP contribution in [0.1, 0.15) is 47.6 Å². The van der Waals surface area contributed by atoms with E-state index in [-0.39, 0.29) is 29.2 Å². The number of piperidine rings is 1. The Morgan fingerprint density at radius 1 is 1.33 bits per heavy atom. The standard InChI is InChI=1S/C17H19F2N7O/c1-10-3-4-25(16(27)13-7-24(2)9-21-13)6-11(10)14-5-12(15(18)19)23-17-20-8-22-26(14)17/h5,7-11,15H,3-4,6H2,1-2H3/t10-,11-/m1/s1. The van der Waals surface area contributed by atoms with Gasteiger partial charge < -0.3 is 9.47 Å². The number of rotatable bonds is 3. The predicted molar refractivity (Wildman–Crippen MR) is 91.4 cm³/mol. The van der Waals surface area contributed by atoms with Crippen molar-refractivity contribution >= 4 is 11.7 Å². The van der Waals surface area contributed by atoms with Crippen molar-refractivity contribution in [2.75, 3.05) is 13.1 Å². The minimum absolute atomic E-state index is 0.142. The summed E-state index contributed by atoms with van der Waals surface area (Å²) in [4.78, 5) is 26.4. The number of likely N-dealkylation sites (tertiary alicyclic amines) is 1. The van der Waals surface area contributed by atoms with Gasteiger partial charge in [0.25, 0.3) is 18.1 Å². The number of carbonyl (C=O) groups excluding carboxylic acids is 1. The lowest BCUT2D eigenvalue weighted by Crippen LogP contribution is -2.42. The Morgan fingerprint density at radius 3 is 2.85 bits per heavy atom. The number of imidazole rings is 1. The van der Waals surface area contributed by atoms with Crippen LogP contribution in [0, 0.1) is 5.92 Å². The van der Waals surface area contributed by atoms with Crippen LogP contribution in [0.5, 0.6) is 0 Å². The Morgan fingerprint density at radius 2 is 2.15 bits per heavy atom. The number of hydrogen-bond donors (Lipinski definition) is 0. The second-order valence-corrected chi connectivity index (χ2v) is 6.93. The average Bonchev–Trinajstić information content (AvgIpc) is 3.29. The van der Waals surface area contributed by atoms with Gasteiger partial charge in [-0.25, -0.2) is 23.3 Å². The van der Waals surface area contributed by atoms with Crippen LogP contribution in [0.2, 0.25) is 0 Å². The van der Waals surface area contributed by atoms with Crippen molar-refractivity contribution in [1.82, 2.24) is 34.0 Å². The third kappa shape index (κ3) is 3.15. The molecule has 1 aliphatic rings. The quantitative estimate of drug-likeness (QED) is 0.700. The first-order valence-electron chi connectivity index (χ1n) is 8.70. The fourth-order valence-electron chi connectivity index (χ4n) is 3.55. The summed E-state index contributed by atoms with van der Waals surface area (Å²) in [7, 11) is 1.80. The number of aryl methyl sites for hydroxylation is 1. The molecule has 2 atom stereocenters. The lowest BCUT2D eigenvalue weighted by Gasteiger charge is -2.37. The topological polar surface area (TPSA) is 81.2 Å². The zero-order valence-corrected chi connectivity index (χ0v) is 15.0. The molecular formula is C17H19F2N7O. The summed E-state index contributed by atoms with van der Waals surface area (Å²) in [6.45, 7) is 3.05. The highest BCUT2D eigenvalue weighted by Gasteiger charge is 2.33. The molecule has 0 radical (unpaired) electrons. The number of fused-ring (bicyclic) bond motifs is 1. The van der Waals surface area contributed by atoms with Crippen molar-refractivity contribution in [3.8, 4) is 0 Å². The summed E-state index contributed by atoms with van der Waals surface area (Å²) in [5, 5.41) is 4.14. The molecule has 0 spiro atoms. The van der Waals surface area contributed by atoms with Gasteiger partial charge in [-0.05, 0) is 18.4 Å². The van der Waals surface area contributed by atoms with Gasteiger partial charge in [0.2, 0.25) is 0 Å². The SMILES string of the molecule is C[C@@H]1CCN(C(=O)c2cn(C)cn2)C[C@H]1c1cc(C(F)F)nc2ncnn12. The average molecular weight is 375 g/mol. The van der Waals surface area contributed by atoms with E-state index in [9.17, 15) is 13.6 Å². The molecule has 0 saturated carbocycles. The molecule has 4 heterocycles. The molecule has 0 N–H and O–H groups in total. The molecule has 1 amide bonds. The molecule has 27 heavy (non-hydrogen) atoms. The molecule has 10 heteroatoms. The molecule has 0 aliphatic carbocycles. The van der Waals surface area contributed by atoms with Crippen molar-refractivity contribution in [2.45, 2.75) is 25.7 Å². The number of nitrogens with zero attached hydrogens (tertiary/aromatic N) is 7. The highest BCUT2D eigenvalue weighted by Crippen LogP contribution is 2.34. The fraction of sp³-hybridized carbons (Fsp3) is 0.471. The summed E-state index contributed by atoms with van der Waals surface area (Å²) in [5.41, 5.74) is 0.643. The minimum Gasteiger partial charge on any atom is -0.340 e. The summed E-state index contributed by atoms with van der Waals surface area (Å²) in [5.74, 6) is 0.0165. The van der Waals surface area contributed by atoms with Crippen LogP contribution in [-0.4, -0.2) is 53.0 Å². The molecule has 1 aliphatic heterocycles. The van der Waals surface area contributed by atoms with Gasteiger partial charge in [-0.15, -0.1) is 0 Å². The third-order valence-corrected chi connectivity index (χ3v) is 5.07. The predicted octanol–water partition coefficient (Wildman–Crippen LogP) is 2.06. The van der Waals surface area contributed by atoms with E-state index in [4.69, 9.17) is 0 Å². The maximum atomic E-state index is 13.3. The Labute approximate surface area is 153 Å². The normalized spacial score (nSPS) is 20.6. The molecule has 3 aromatic rings. The highest BCUT2D eigenvalue weighted by molar-refractivity contribution is 5.92. The van der Waals surface area contributed by atoms with Gasteiger partial charge in [0.1, 0.15) is 17.7 Å². The van der Waals surface area contributed by atoms with E-state index >= 15 is 0 Å². The summed E-state index contributed by atoms with van der Waals surface area (Å²) in [6.07, 6.45) is 2.60. The van der Waals surface area contributed by atoms with E-state index in [2.05, 4.69) is 27.0 Å². The maximum Gasteiger partial charge on any atom is 0.280 e. The first-order valence-corrected chi connectivity index (χ1v) is 8.70. The van der Waals surface area contributed by atoms with E-state index in [1.165, 1.54) is 16.9 Å². The monoisotopic (exact) mass is 375 g/mol. The van der Waals surface area contributed by atoms with E-state index < -0.39 is 6.43 Å². The fourth-order valence-corrected chi connectivity index (χ4v) is 3.55. The van der Waals surface area contributed by atoms with Crippen molar-refractivity contribution in [2.24, 2.45) is 13.0 Å². The Bertz CT molecular complexity index is 983. The number of halogens is 2. The number of hydrogen-bond acceptors (Lipinski definition) is 5. The van der Waals surface area contributed by atoms with Crippen molar-refractivity contribution in [3.63, 3.8) is 0 Å². The van der Waals surface area contributed by atoms with Crippen LogP contribution >= 0.6 is 0 Å². The molecule has 1 fully saturated rings. The number of aromatic nitrogens is 6. The minimum atomic E-state index is -2.70. The Hall–Kier alpha value is -2.91. The molecule has 4 rings (SSSR count). The summed E-state index contributed by atoms with van der Waals surface area (Å²) < 4.78 is 29.8. The number of amides is 1. The van der Waals surface area contributed by atoms with Crippen molar-refractivity contribution in [3.05, 3.63) is 42.0 Å². The van der Waals surface area contributed by atoms with E-state index in [1.807, 2.05) is 0 Å². The van der Waals surface area contributed by atoms with Crippen molar-refractivity contribution < 1.29 is 13.6 Å². The molecule has 0 unspecified atom stereocenters. The van der Waals surface area contributed by atoms with E-state index in [1.54, 1.807) is 29.0 Å². The lowest BCUT2D eigenvalue weighted by atomic mass is 9.84. The molecule has 3 aromatic heterocycles. The lowest BCUT2D eigenvalue weighted by molar-refractivity contribution is 0.0660. The van der Waals surface area contributed by atoms with Crippen LogP contribution in [0.3, 0.4) is 0 Å². The van der Waals surface area contributed by atoms with Gasteiger partial charge in [-0.3, -0.25) is 4.79 Å². The molecule has 142 valence electrons. The van der Waals surface area contributed by atoms with Gasteiger partial charge in [0.05, 0.1) is 12.0 Å². The molecule has 0 aromatic carbocycles. The molecular weight excluding hydrogens is 356 g/mol. The molecule has 1 saturated heterocycles. The Kier molecular flexibility index (Phi) is 4.33. The van der Waals surface area contributed by atoms with Crippen LogP contribution in [-0.2, 0) is 7.05 Å². The molecule has 0 bridgehead atoms. The van der Waals surface area contributed by atoms with Gasteiger partial charge in [0, 0.05) is 32.3 Å². The van der Waals surface area contributed by atoms with Gasteiger partial charge in [-0.1, -0.05) is 6.92 Å². The van der Waals surface area contributed by atoms with E-state index in [0.29, 0.717) is 24.5 Å². The summed E-state index contributed by atoms with van der Waals surface area (Å²) in [6, 6.07) is 1.38. The first-order chi connectivity index (χ1) is 12.9. The smallest absolute Gasteiger partial charge is 0.280 e. The van der Waals surface area contributed by atoms with Crippen LogP contribution in [0.4, 0.5) is 8.78 Å². The molecule has 8 nitrogen and oxygen atoms in total. The van der Waals surface area contributed by atoms with Crippen molar-refractivity contribution in [1.29, 1.82) is 0 Å². The summed E-state index contributed by atoms with van der Waals surface area (Å²) >= 11 is 0. The maximum absolute atomic E-state index is 13.3. The van der Waals surface area contributed by atoms with Crippen LogP contribution in [0.15, 0.2) is 24.9 Å². The van der Waals surface area contributed by atoms with Gasteiger partial charge in [0.15, 0.2) is 0 Å². The Balaban J connectivity index is 1.69. The second-order valence-electron chi connectivity index (χ2n) is 6.93. The number of carbonyl (C=O) groups is 1. The highest BCUT2D eigenvalue weighted by atomic mass is 19.3. The van der Waals surface area contributed by atoms with Crippen LogP contribution in [0.25, 0.3) is 5.78 Å².